The predicted octanol–water partition coefficient (Wildman–Crippen LogP) is 3.73. The Hall–Kier alpha value is -0.990. The van der Waals surface area contributed by atoms with Gasteiger partial charge in [0.2, 0.25) is 0 Å². The van der Waals surface area contributed by atoms with E-state index in [-0.39, 0.29) is 0 Å². The minimum absolute atomic E-state index is 0.455. The van der Waals surface area contributed by atoms with Crippen molar-refractivity contribution in [2.75, 3.05) is 0 Å². The first kappa shape index (κ1) is 10.2. The summed E-state index contributed by atoms with van der Waals surface area (Å²) in [5.74, 6) is 1.52. The maximum absolute atomic E-state index is 6.28. The lowest BCUT2D eigenvalue weighted by molar-refractivity contribution is 0.544. The minimum atomic E-state index is 0.455. The van der Waals surface area contributed by atoms with Crippen molar-refractivity contribution in [1.29, 1.82) is 0 Å². The average molecular weight is 236 g/mol. The van der Waals surface area contributed by atoms with E-state index in [2.05, 4.69) is 0 Å². The highest BCUT2D eigenvalue weighted by molar-refractivity contribution is 6.35. The van der Waals surface area contributed by atoms with Crippen LogP contribution >= 0.6 is 11.6 Å². The van der Waals surface area contributed by atoms with Crippen molar-refractivity contribution in [3.8, 4) is 0 Å². The molecule has 0 saturated heterocycles. The first-order chi connectivity index (χ1) is 7.72. The number of hydrogen-bond donors (Lipinski definition) is 1. The van der Waals surface area contributed by atoms with E-state index in [1.54, 1.807) is 0 Å². The van der Waals surface area contributed by atoms with Gasteiger partial charge in [-0.1, -0.05) is 17.7 Å². The van der Waals surface area contributed by atoms with Crippen LogP contribution in [0.15, 0.2) is 16.5 Å². The third-order valence-corrected chi connectivity index (χ3v) is 3.58. The molecule has 2 N–H and O–H groups in total. The molecule has 2 aromatic rings. The van der Waals surface area contributed by atoms with Gasteiger partial charge in [-0.2, -0.15) is 0 Å². The summed E-state index contributed by atoms with van der Waals surface area (Å²) in [5.41, 5.74) is 9.04. The van der Waals surface area contributed by atoms with Crippen molar-refractivity contribution in [1.82, 2.24) is 0 Å². The molecule has 0 radical (unpaired) electrons. The maximum Gasteiger partial charge on any atom is 0.139 e. The molecule has 3 rings (SSSR count). The number of halogens is 1. The molecule has 1 aliphatic carbocycles. The van der Waals surface area contributed by atoms with Crippen LogP contribution in [0.4, 0.5) is 0 Å². The van der Waals surface area contributed by atoms with Crippen molar-refractivity contribution < 1.29 is 4.42 Å². The minimum Gasteiger partial charge on any atom is -0.459 e. The van der Waals surface area contributed by atoms with Crippen LogP contribution in [0.1, 0.15) is 35.6 Å². The Labute approximate surface area is 99.4 Å². The van der Waals surface area contributed by atoms with Crippen LogP contribution in [0.2, 0.25) is 5.02 Å². The van der Waals surface area contributed by atoms with Gasteiger partial charge in [-0.05, 0) is 37.3 Å². The Morgan fingerprint density at radius 2 is 2.19 bits per heavy atom. The average Bonchev–Trinajstić information content (AvgIpc) is 3.03. The van der Waals surface area contributed by atoms with E-state index >= 15 is 0 Å². The summed E-state index contributed by atoms with van der Waals surface area (Å²) in [6.45, 7) is 2.50. The van der Waals surface area contributed by atoms with E-state index in [0.29, 0.717) is 12.5 Å². The highest BCUT2D eigenvalue weighted by atomic mass is 35.5. The molecule has 1 heterocycles. The lowest BCUT2D eigenvalue weighted by Gasteiger charge is -2.00. The first-order valence-corrected chi connectivity index (χ1v) is 6.00. The molecule has 1 aliphatic rings. The van der Waals surface area contributed by atoms with Crippen LogP contribution in [-0.4, -0.2) is 0 Å². The zero-order valence-electron chi connectivity index (χ0n) is 9.22. The van der Waals surface area contributed by atoms with Crippen molar-refractivity contribution in [2.45, 2.75) is 32.2 Å². The molecule has 1 aromatic heterocycles. The van der Waals surface area contributed by atoms with E-state index in [1.165, 1.54) is 18.4 Å². The third-order valence-electron chi connectivity index (χ3n) is 3.27. The molecule has 1 fully saturated rings. The van der Waals surface area contributed by atoms with E-state index in [0.717, 1.165) is 27.3 Å². The second-order valence-corrected chi connectivity index (χ2v) is 4.89. The Bertz CT molecular complexity index is 555. The Kier molecular flexibility index (Phi) is 2.23. The fraction of sp³-hybridized carbons (Fsp3) is 0.385. The first-order valence-electron chi connectivity index (χ1n) is 5.62. The topological polar surface area (TPSA) is 39.2 Å². The number of nitrogens with two attached hydrogens (primary N) is 1. The van der Waals surface area contributed by atoms with Gasteiger partial charge in [-0.15, -0.1) is 0 Å². The fourth-order valence-corrected chi connectivity index (χ4v) is 2.57. The van der Waals surface area contributed by atoms with Crippen LogP contribution in [0.5, 0.6) is 0 Å². The molecular weight excluding hydrogens is 222 g/mol. The molecular formula is C13H14ClNO. The van der Waals surface area contributed by atoms with Gasteiger partial charge in [-0.25, -0.2) is 0 Å². The van der Waals surface area contributed by atoms with Gasteiger partial charge < -0.3 is 10.2 Å². The van der Waals surface area contributed by atoms with Crippen LogP contribution in [0.3, 0.4) is 0 Å². The zero-order valence-corrected chi connectivity index (χ0v) is 9.97. The summed E-state index contributed by atoms with van der Waals surface area (Å²) in [6.07, 6.45) is 2.46. The normalized spacial score (nSPS) is 15.9. The van der Waals surface area contributed by atoms with E-state index < -0.39 is 0 Å². The highest BCUT2D eigenvalue weighted by Crippen LogP contribution is 2.48. The molecule has 84 valence electrons. The second kappa shape index (κ2) is 3.51. The molecule has 0 aliphatic heterocycles. The monoisotopic (exact) mass is 235 g/mol. The van der Waals surface area contributed by atoms with Crippen molar-refractivity contribution >= 4 is 22.6 Å². The summed E-state index contributed by atoms with van der Waals surface area (Å²) >= 11 is 6.28. The van der Waals surface area contributed by atoms with Gasteiger partial charge in [0.1, 0.15) is 11.3 Å². The van der Waals surface area contributed by atoms with Crippen LogP contribution in [0.25, 0.3) is 11.0 Å². The molecule has 3 heteroatoms. The lowest BCUT2D eigenvalue weighted by atomic mass is 10.0. The highest BCUT2D eigenvalue weighted by Gasteiger charge is 2.31. The van der Waals surface area contributed by atoms with Gasteiger partial charge in [0.25, 0.3) is 0 Å². The Morgan fingerprint density at radius 1 is 1.44 bits per heavy atom. The second-order valence-electron chi connectivity index (χ2n) is 4.49. The molecule has 0 spiro atoms. The van der Waals surface area contributed by atoms with Crippen molar-refractivity contribution in [3.05, 3.63) is 34.0 Å². The zero-order chi connectivity index (χ0) is 11.3. The maximum atomic E-state index is 6.28. The number of aryl methyl sites for hydroxylation is 1. The number of fused-ring (bicyclic) bond motifs is 1. The van der Waals surface area contributed by atoms with Crippen molar-refractivity contribution in [3.63, 3.8) is 0 Å². The molecule has 1 aromatic carbocycles. The van der Waals surface area contributed by atoms with Crippen LogP contribution in [0, 0.1) is 6.92 Å². The molecule has 0 unspecified atom stereocenters. The van der Waals surface area contributed by atoms with E-state index in [9.17, 15) is 0 Å². The quantitative estimate of drug-likeness (QED) is 0.862. The van der Waals surface area contributed by atoms with E-state index in [1.807, 2.05) is 19.1 Å². The third kappa shape index (κ3) is 1.37. The summed E-state index contributed by atoms with van der Waals surface area (Å²) in [4.78, 5) is 0. The fourth-order valence-electron chi connectivity index (χ4n) is 2.32. The molecule has 0 amide bonds. The Morgan fingerprint density at radius 3 is 2.81 bits per heavy atom. The summed E-state index contributed by atoms with van der Waals surface area (Å²) < 4.78 is 5.85. The largest absolute Gasteiger partial charge is 0.459 e. The molecule has 16 heavy (non-hydrogen) atoms. The predicted molar refractivity (Wildman–Crippen MR) is 65.8 cm³/mol. The summed E-state index contributed by atoms with van der Waals surface area (Å²) in [5, 5.41) is 1.87. The molecule has 2 nitrogen and oxygen atoms in total. The van der Waals surface area contributed by atoms with Gasteiger partial charge >= 0.3 is 0 Å². The van der Waals surface area contributed by atoms with Crippen LogP contribution in [-0.2, 0) is 6.54 Å². The van der Waals surface area contributed by atoms with E-state index in [4.69, 9.17) is 21.8 Å². The lowest BCUT2D eigenvalue weighted by Crippen LogP contribution is -1.97. The van der Waals surface area contributed by atoms with Gasteiger partial charge in [0.15, 0.2) is 0 Å². The Balaban J connectivity index is 2.39. The summed E-state index contributed by atoms with van der Waals surface area (Å²) in [7, 11) is 0. The van der Waals surface area contributed by atoms with Crippen LogP contribution < -0.4 is 5.73 Å². The number of hydrogen-bond acceptors (Lipinski definition) is 2. The SMILES string of the molecule is Cc1ccc(Cl)c2c(C3CC3)c(CN)oc12. The smallest absolute Gasteiger partial charge is 0.139 e. The van der Waals surface area contributed by atoms with Gasteiger partial charge in [-0.3, -0.25) is 0 Å². The van der Waals surface area contributed by atoms with Gasteiger partial charge in [0.05, 0.1) is 11.6 Å². The molecule has 0 atom stereocenters. The number of rotatable bonds is 2. The molecule has 0 bridgehead atoms. The van der Waals surface area contributed by atoms with Crippen molar-refractivity contribution in [2.24, 2.45) is 5.73 Å². The van der Waals surface area contributed by atoms with Gasteiger partial charge in [0, 0.05) is 10.9 Å². The number of furan rings is 1. The summed E-state index contributed by atoms with van der Waals surface area (Å²) in [6, 6.07) is 3.94. The number of benzene rings is 1. The molecule has 1 saturated carbocycles. The standard InChI is InChI=1S/C13H14ClNO/c1-7-2-5-9(14)12-11(8-3-4-8)10(6-15)16-13(7)12/h2,5,8H,3-4,6,15H2,1H3.